The number of nitrogens with zero attached hydrogens (tertiary/aromatic N) is 2. The van der Waals surface area contributed by atoms with Gasteiger partial charge >= 0.3 is 16.8 Å². The Kier molecular flexibility index (Phi) is 5.25. The van der Waals surface area contributed by atoms with Gasteiger partial charge in [-0.15, -0.1) is 5.10 Å². The molecule has 0 fully saturated rings. The third-order valence-corrected chi connectivity index (χ3v) is 4.28. The number of rotatable bonds is 4. The van der Waals surface area contributed by atoms with E-state index >= 15 is 0 Å². The number of hydrogen-bond acceptors (Lipinski definition) is 6. The molecule has 0 aliphatic carbocycles. The van der Waals surface area contributed by atoms with E-state index in [1.165, 1.54) is 18.2 Å². The SMILES string of the molecule is CC(C)c1cc(Oc2c(Cl)cc(-n3[nH]c(=O)c(=O)[nH]c3=O)cc2Cl)n[nH]c1=O. The van der Waals surface area contributed by atoms with Gasteiger partial charge in [0.25, 0.3) is 5.56 Å². The summed E-state index contributed by atoms with van der Waals surface area (Å²) in [4.78, 5) is 48.2. The summed E-state index contributed by atoms with van der Waals surface area (Å²) in [6, 6.07) is 4.06. The Bertz CT molecular complexity index is 1260. The maximum atomic E-state index is 11.9. The van der Waals surface area contributed by atoms with Crippen molar-refractivity contribution in [2.75, 3.05) is 0 Å². The average Bonchev–Trinajstić information content (AvgIpc) is 2.62. The van der Waals surface area contributed by atoms with Crippen molar-refractivity contribution in [2.45, 2.75) is 19.8 Å². The molecule has 10 nitrogen and oxygen atoms in total. The van der Waals surface area contributed by atoms with Crippen LogP contribution in [0.3, 0.4) is 0 Å². The molecule has 0 bridgehead atoms. The highest BCUT2D eigenvalue weighted by Crippen LogP contribution is 2.37. The highest BCUT2D eigenvalue weighted by molar-refractivity contribution is 6.37. The molecule has 3 aromatic rings. The summed E-state index contributed by atoms with van der Waals surface area (Å²) in [6.45, 7) is 3.68. The number of H-pyrrole nitrogens is 3. The van der Waals surface area contributed by atoms with Crippen LogP contribution in [0, 0.1) is 0 Å². The van der Waals surface area contributed by atoms with E-state index < -0.39 is 16.8 Å². The first kappa shape index (κ1) is 19.6. The van der Waals surface area contributed by atoms with Crippen LogP contribution in [0.2, 0.25) is 10.0 Å². The molecule has 12 heteroatoms. The predicted octanol–water partition coefficient (Wildman–Crippen LogP) is 1.52. The number of ether oxygens (including phenoxy) is 1. The van der Waals surface area contributed by atoms with Crippen molar-refractivity contribution in [1.82, 2.24) is 25.0 Å². The second kappa shape index (κ2) is 7.49. The molecule has 0 aliphatic heterocycles. The van der Waals surface area contributed by atoms with Gasteiger partial charge in [-0.3, -0.25) is 24.5 Å². The normalized spacial score (nSPS) is 11.0. The summed E-state index contributed by atoms with van der Waals surface area (Å²) < 4.78 is 6.37. The van der Waals surface area contributed by atoms with E-state index in [1.807, 2.05) is 18.8 Å². The maximum Gasteiger partial charge on any atom is 0.347 e. The van der Waals surface area contributed by atoms with Crippen molar-refractivity contribution in [2.24, 2.45) is 0 Å². The number of halogens is 2. The molecule has 0 atom stereocenters. The van der Waals surface area contributed by atoms with Crippen LogP contribution < -0.4 is 27.1 Å². The van der Waals surface area contributed by atoms with Crippen LogP contribution in [0.25, 0.3) is 5.69 Å². The Balaban J connectivity index is 2.05. The zero-order valence-electron chi connectivity index (χ0n) is 14.5. The first-order valence-corrected chi connectivity index (χ1v) is 8.65. The van der Waals surface area contributed by atoms with Crippen molar-refractivity contribution in [3.05, 3.63) is 75.4 Å². The lowest BCUT2D eigenvalue weighted by molar-refractivity contribution is 0.452. The molecule has 146 valence electrons. The molecule has 2 heterocycles. The predicted molar refractivity (Wildman–Crippen MR) is 102 cm³/mol. The van der Waals surface area contributed by atoms with Gasteiger partial charge < -0.3 is 4.74 Å². The minimum absolute atomic E-state index is 0.000505. The lowest BCUT2D eigenvalue weighted by Crippen LogP contribution is -2.42. The third-order valence-electron chi connectivity index (χ3n) is 3.72. The quantitative estimate of drug-likeness (QED) is 0.540. The second-order valence-corrected chi connectivity index (χ2v) is 6.84. The van der Waals surface area contributed by atoms with E-state index in [4.69, 9.17) is 27.9 Å². The second-order valence-electron chi connectivity index (χ2n) is 6.02. The number of aromatic nitrogens is 5. The first-order valence-electron chi connectivity index (χ1n) is 7.90. The lowest BCUT2D eigenvalue weighted by Gasteiger charge is -2.12. The zero-order chi connectivity index (χ0) is 20.6. The van der Waals surface area contributed by atoms with Gasteiger partial charge in [-0.25, -0.2) is 14.6 Å². The summed E-state index contributed by atoms with van der Waals surface area (Å²) in [5.41, 5.74) is -2.76. The van der Waals surface area contributed by atoms with Crippen LogP contribution in [0.4, 0.5) is 0 Å². The molecule has 0 unspecified atom stereocenters. The molecule has 0 radical (unpaired) electrons. The van der Waals surface area contributed by atoms with E-state index in [1.54, 1.807) is 0 Å². The van der Waals surface area contributed by atoms with Crippen molar-refractivity contribution < 1.29 is 4.74 Å². The molecule has 28 heavy (non-hydrogen) atoms. The molecule has 2 aromatic heterocycles. The van der Waals surface area contributed by atoms with Gasteiger partial charge in [0.1, 0.15) is 0 Å². The molecule has 3 N–H and O–H groups in total. The Labute approximate surface area is 165 Å². The standard InChI is InChI=1S/C16H13Cl2N5O5/c1-6(2)8-5-11(20-21-13(8)24)28-12-9(17)3-7(4-10(12)18)23-16(27)19-14(25)15(26)22-23/h3-6H,1-2H3,(H,21,24)(H,22,26)(H,19,25,27). The lowest BCUT2D eigenvalue weighted by atomic mass is 10.1. The van der Waals surface area contributed by atoms with Gasteiger partial charge in [0.05, 0.1) is 15.7 Å². The number of hydrogen-bond donors (Lipinski definition) is 3. The van der Waals surface area contributed by atoms with Gasteiger partial charge in [-0.1, -0.05) is 37.0 Å². The molecular formula is C16H13Cl2N5O5. The number of benzene rings is 1. The summed E-state index contributed by atoms with van der Waals surface area (Å²) >= 11 is 12.4. The summed E-state index contributed by atoms with van der Waals surface area (Å²) in [6.07, 6.45) is 0. The Morgan fingerprint density at radius 3 is 2.25 bits per heavy atom. The fraction of sp³-hybridized carbons (Fsp3) is 0.188. The Morgan fingerprint density at radius 1 is 1.00 bits per heavy atom. The van der Waals surface area contributed by atoms with Gasteiger partial charge in [-0.2, -0.15) is 0 Å². The molecule has 0 amide bonds. The highest BCUT2D eigenvalue weighted by Gasteiger charge is 2.16. The fourth-order valence-corrected chi connectivity index (χ4v) is 2.91. The largest absolute Gasteiger partial charge is 0.434 e. The minimum Gasteiger partial charge on any atom is -0.434 e. The fourth-order valence-electron chi connectivity index (χ4n) is 2.35. The topological polar surface area (TPSA) is 143 Å². The zero-order valence-corrected chi connectivity index (χ0v) is 16.0. The first-order chi connectivity index (χ1) is 13.2. The van der Waals surface area contributed by atoms with Crippen molar-refractivity contribution in [1.29, 1.82) is 0 Å². The molecule has 1 aromatic carbocycles. The van der Waals surface area contributed by atoms with Crippen molar-refractivity contribution >= 4 is 23.2 Å². The molecule has 3 rings (SSSR count). The van der Waals surface area contributed by atoms with Crippen LogP contribution >= 0.6 is 23.2 Å². The van der Waals surface area contributed by atoms with E-state index in [2.05, 4.69) is 15.3 Å². The maximum absolute atomic E-state index is 11.9. The van der Waals surface area contributed by atoms with Gasteiger partial charge in [0, 0.05) is 11.6 Å². The summed E-state index contributed by atoms with van der Waals surface area (Å²) in [5, 5.41) is 8.23. The van der Waals surface area contributed by atoms with Crippen LogP contribution in [0.15, 0.2) is 37.4 Å². The van der Waals surface area contributed by atoms with E-state index in [9.17, 15) is 19.2 Å². The Morgan fingerprint density at radius 2 is 1.64 bits per heavy atom. The van der Waals surface area contributed by atoms with E-state index in [0.717, 1.165) is 4.68 Å². The van der Waals surface area contributed by atoms with Gasteiger partial charge in [0.15, 0.2) is 5.75 Å². The highest BCUT2D eigenvalue weighted by atomic mass is 35.5. The smallest absolute Gasteiger partial charge is 0.347 e. The minimum atomic E-state index is -1.08. The number of nitrogens with one attached hydrogen (secondary N) is 3. The third kappa shape index (κ3) is 3.78. The molecular weight excluding hydrogens is 413 g/mol. The molecule has 0 spiro atoms. The monoisotopic (exact) mass is 425 g/mol. The summed E-state index contributed by atoms with van der Waals surface area (Å²) in [7, 11) is 0. The van der Waals surface area contributed by atoms with Crippen LogP contribution in [-0.4, -0.2) is 25.0 Å². The van der Waals surface area contributed by atoms with Gasteiger partial charge in [0.2, 0.25) is 5.88 Å². The molecule has 0 saturated heterocycles. The van der Waals surface area contributed by atoms with Crippen LogP contribution in [0.1, 0.15) is 25.3 Å². The van der Waals surface area contributed by atoms with Crippen molar-refractivity contribution in [3.63, 3.8) is 0 Å². The Hall–Kier alpha value is -3.11. The molecule has 0 saturated carbocycles. The van der Waals surface area contributed by atoms with Crippen molar-refractivity contribution in [3.8, 4) is 17.3 Å². The summed E-state index contributed by atoms with van der Waals surface area (Å²) in [5.74, 6) is 0.0296. The van der Waals surface area contributed by atoms with Gasteiger partial charge in [-0.05, 0) is 18.1 Å². The van der Waals surface area contributed by atoms with E-state index in [0.29, 0.717) is 5.56 Å². The molecule has 0 aliphatic rings. The number of aromatic amines is 3. The van der Waals surface area contributed by atoms with Crippen LogP contribution in [0.5, 0.6) is 11.6 Å². The van der Waals surface area contributed by atoms with E-state index in [-0.39, 0.29) is 38.8 Å². The average molecular weight is 426 g/mol. The van der Waals surface area contributed by atoms with Crippen LogP contribution in [-0.2, 0) is 0 Å².